The Morgan fingerprint density at radius 2 is 1.57 bits per heavy atom. The van der Waals surface area contributed by atoms with Crippen LogP contribution in [0.25, 0.3) is 0 Å². The molecule has 1 nitrogen and oxygen atoms in total. The molecule has 0 radical (unpaired) electrons. The van der Waals surface area contributed by atoms with Crippen LogP contribution < -0.4 is 4.74 Å². The highest BCUT2D eigenvalue weighted by atomic mass is 16.5. The molecule has 1 rings (SSSR count). The third kappa shape index (κ3) is 2.76. The summed E-state index contributed by atoms with van der Waals surface area (Å²) < 4.78 is 5.41. The molecule has 0 unspecified atom stereocenters. The molecule has 0 bridgehead atoms. The third-order valence-electron chi connectivity index (χ3n) is 2.65. The van der Waals surface area contributed by atoms with Gasteiger partial charge in [0, 0.05) is 0 Å². The molecule has 0 aromatic heterocycles. The highest BCUT2D eigenvalue weighted by Crippen LogP contribution is 2.24. The minimum Gasteiger partial charge on any atom is -0.494 e. The molecule has 1 heteroatoms. The van der Waals surface area contributed by atoms with Crippen molar-refractivity contribution in [3.05, 3.63) is 29.8 Å². The van der Waals surface area contributed by atoms with Crippen LogP contribution in [0.5, 0.6) is 5.75 Å². The van der Waals surface area contributed by atoms with E-state index < -0.39 is 0 Å². The second-order valence-corrected chi connectivity index (χ2v) is 3.52. The molecular weight excluding hydrogens is 172 g/mol. The largest absolute Gasteiger partial charge is 0.494 e. The van der Waals surface area contributed by atoms with E-state index in [1.54, 1.807) is 0 Å². The first-order valence-electron chi connectivity index (χ1n) is 5.54. The van der Waals surface area contributed by atoms with Crippen LogP contribution in [0.4, 0.5) is 0 Å². The van der Waals surface area contributed by atoms with Gasteiger partial charge < -0.3 is 4.74 Å². The third-order valence-corrected chi connectivity index (χ3v) is 2.65. The molecule has 0 heterocycles. The normalized spacial score (nSPS) is 10.6. The average Bonchev–Trinajstić information content (AvgIpc) is 2.23. The van der Waals surface area contributed by atoms with Crippen molar-refractivity contribution in [2.75, 3.05) is 6.61 Å². The van der Waals surface area contributed by atoms with Gasteiger partial charge in [0.25, 0.3) is 0 Å². The van der Waals surface area contributed by atoms with Crippen molar-refractivity contribution in [3.8, 4) is 5.75 Å². The SMILES string of the molecule is CCOc1ccc(C(CC)CC)cc1. The summed E-state index contributed by atoms with van der Waals surface area (Å²) in [7, 11) is 0. The number of rotatable bonds is 5. The first-order valence-corrected chi connectivity index (χ1v) is 5.54. The number of benzene rings is 1. The van der Waals surface area contributed by atoms with E-state index in [-0.39, 0.29) is 0 Å². The van der Waals surface area contributed by atoms with Gasteiger partial charge in [-0.1, -0.05) is 26.0 Å². The Balaban J connectivity index is 2.71. The van der Waals surface area contributed by atoms with E-state index in [4.69, 9.17) is 4.74 Å². The van der Waals surface area contributed by atoms with Crippen LogP contribution in [-0.2, 0) is 0 Å². The Bertz CT molecular complexity index is 246. The van der Waals surface area contributed by atoms with Crippen LogP contribution in [0.3, 0.4) is 0 Å². The molecule has 0 aliphatic rings. The highest BCUT2D eigenvalue weighted by Gasteiger charge is 2.05. The lowest BCUT2D eigenvalue weighted by Crippen LogP contribution is -1.96. The predicted octanol–water partition coefficient (Wildman–Crippen LogP) is 3.99. The van der Waals surface area contributed by atoms with E-state index in [1.807, 2.05) is 6.92 Å². The maximum atomic E-state index is 5.41. The predicted molar refractivity (Wildman–Crippen MR) is 60.9 cm³/mol. The summed E-state index contributed by atoms with van der Waals surface area (Å²) in [5.74, 6) is 1.67. The van der Waals surface area contributed by atoms with Crippen molar-refractivity contribution in [1.29, 1.82) is 0 Å². The lowest BCUT2D eigenvalue weighted by atomic mass is 9.94. The van der Waals surface area contributed by atoms with Gasteiger partial charge in [-0.25, -0.2) is 0 Å². The van der Waals surface area contributed by atoms with Gasteiger partial charge in [-0.2, -0.15) is 0 Å². The summed E-state index contributed by atoms with van der Waals surface area (Å²) in [6, 6.07) is 8.50. The average molecular weight is 192 g/mol. The Labute approximate surface area is 87.1 Å². The molecule has 0 aliphatic heterocycles. The zero-order valence-electron chi connectivity index (χ0n) is 9.42. The van der Waals surface area contributed by atoms with Crippen molar-refractivity contribution in [2.45, 2.75) is 39.5 Å². The first kappa shape index (κ1) is 11.1. The van der Waals surface area contributed by atoms with E-state index in [0.29, 0.717) is 5.92 Å². The maximum Gasteiger partial charge on any atom is 0.119 e. The standard InChI is InChI=1S/C13H20O/c1-4-11(5-2)12-7-9-13(10-8-12)14-6-3/h7-11H,4-6H2,1-3H3. The lowest BCUT2D eigenvalue weighted by molar-refractivity contribution is 0.340. The van der Waals surface area contributed by atoms with Gasteiger partial charge in [0.2, 0.25) is 0 Å². The van der Waals surface area contributed by atoms with Gasteiger partial charge in [0.05, 0.1) is 6.61 Å². The van der Waals surface area contributed by atoms with E-state index in [2.05, 4.69) is 38.1 Å². The summed E-state index contributed by atoms with van der Waals surface area (Å²) in [4.78, 5) is 0. The van der Waals surface area contributed by atoms with Crippen LogP contribution in [0, 0.1) is 0 Å². The minimum absolute atomic E-state index is 0.700. The quantitative estimate of drug-likeness (QED) is 0.685. The second-order valence-electron chi connectivity index (χ2n) is 3.52. The fourth-order valence-corrected chi connectivity index (χ4v) is 1.76. The molecule has 14 heavy (non-hydrogen) atoms. The smallest absolute Gasteiger partial charge is 0.119 e. The molecule has 0 N–H and O–H groups in total. The van der Waals surface area contributed by atoms with E-state index in [9.17, 15) is 0 Å². The Morgan fingerprint density at radius 1 is 1.00 bits per heavy atom. The zero-order valence-corrected chi connectivity index (χ0v) is 9.42. The van der Waals surface area contributed by atoms with Gasteiger partial charge in [0.15, 0.2) is 0 Å². The first-order chi connectivity index (χ1) is 6.81. The molecule has 0 saturated carbocycles. The Hall–Kier alpha value is -0.980. The van der Waals surface area contributed by atoms with E-state index in [1.165, 1.54) is 18.4 Å². The Morgan fingerprint density at radius 3 is 2.00 bits per heavy atom. The highest BCUT2D eigenvalue weighted by molar-refractivity contribution is 5.29. The summed E-state index contributed by atoms with van der Waals surface area (Å²) in [5, 5.41) is 0. The van der Waals surface area contributed by atoms with Crippen molar-refractivity contribution in [1.82, 2.24) is 0 Å². The van der Waals surface area contributed by atoms with Crippen molar-refractivity contribution < 1.29 is 4.74 Å². The zero-order chi connectivity index (χ0) is 10.4. The number of hydrogen-bond donors (Lipinski definition) is 0. The van der Waals surface area contributed by atoms with Gasteiger partial charge in [-0.05, 0) is 43.4 Å². The second kappa shape index (κ2) is 5.69. The van der Waals surface area contributed by atoms with E-state index in [0.717, 1.165) is 12.4 Å². The van der Waals surface area contributed by atoms with Gasteiger partial charge in [-0.3, -0.25) is 0 Å². The fraction of sp³-hybridized carbons (Fsp3) is 0.538. The summed E-state index contributed by atoms with van der Waals surface area (Å²) in [6.45, 7) is 7.23. The molecule has 1 aromatic rings. The van der Waals surface area contributed by atoms with Crippen LogP contribution in [0.2, 0.25) is 0 Å². The molecule has 0 saturated heterocycles. The lowest BCUT2D eigenvalue weighted by Gasteiger charge is -2.13. The molecule has 0 amide bonds. The number of ether oxygens (including phenoxy) is 1. The maximum absolute atomic E-state index is 5.41. The fourth-order valence-electron chi connectivity index (χ4n) is 1.76. The molecule has 0 fully saturated rings. The van der Waals surface area contributed by atoms with Crippen molar-refractivity contribution in [3.63, 3.8) is 0 Å². The van der Waals surface area contributed by atoms with Crippen LogP contribution >= 0.6 is 0 Å². The minimum atomic E-state index is 0.700. The summed E-state index contributed by atoms with van der Waals surface area (Å²) >= 11 is 0. The van der Waals surface area contributed by atoms with Gasteiger partial charge >= 0.3 is 0 Å². The topological polar surface area (TPSA) is 9.23 Å². The van der Waals surface area contributed by atoms with Crippen molar-refractivity contribution >= 4 is 0 Å². The number of hydrogen-bond acceptors (Lipinski definition) is 1. The van der Waals surface area contributed by atoms with Gasteiger partial charge in [0.1, 0.15) is 5.75 Å². The Kier molecular flexibility index (Phi) is 4.51. The van der Waals surface area contributed by atoms with Crippen LogP contribution in [0.15, 0.2) is 24.3 Å². The molecule has 1 aromatic carbocycles. The van der Waals surface area contributed by atoms with Crippen molar-refractivity contribution in [2.24, 2.45) is 0 Å². The molecule has 0 aliphatic carbocycles. The molecule has 78 valence electrons. The molecule has 0 atom stereocenters. The van der Waals surface area contributed by atoms with Crippen LogP contribution in [0.1, 0.15) is 45.1 Å². The molecular formula is C13H20O. The van der Waals surface area contributed by atoms with Gasteiger partial charge in [-0.15, -0.1) is 0 Å². The van der Waals surface area contributed by atoms with Crippen LogP contribution in [-0.4, -0.2) is 6.61 Å². The summed E-state index contributed by atoms with van der Waals surface area (Å²) in [5.41, 5.74) is 1.43. The summed E-state index contributed by atoms with van der Waals surface area (Å²) in [6.07, 6.45) is 2.43. The molecule has 0 spiro atoms. The monoisotopic (exact) mass is 192 g/mol. The van der Waals surface area contributed by atoms with E-state index >= 15 is 0 Å².